The number of unbranched alkanes of at least 4 members (excludes halogenated alkanes) is 5. The van der Waals surface area contributed by atoms with E-state index in [2.05, 4.69) is 175 Å². The van der Waals surface area contributed by atoms with Crippen LogP contribution in [-0.2, 0) is 21.7 Å². The van der Waals surface area contributed by atoms with Gasteiger partial charge in [0, 0.05) is 9.89 Å². The van der Waals surface area contributed by atoms with Crippen molar-refractivity contribution in [2.75, 3.05) is 0 Å². The normalized spacial score (nSPS) is 17.1. The van der Waals surface area contributed by atoms with E-state index in [1.165, 1.54) is 106 Å². The molecule has 2 aliphatic carbocycles. The Hall–Kier alpha value is -3.42. The molecule has 0 N–H and O–H groups in total. The molecule has 0 aromatic heterocycles. The van der Waals surface area contributed by atoms with Crippen LogP contribution in [0.5, 0.6) is 0 Å². The fraction of sp³-hybridized carbons (Fsp3) is 0.412. The maximum atomic E-state index is 3.94. The van der Waals surface area contributed by atoms with Gasteiger partial charge >= 0.3 is 0 Å². The molecular formula is C51H59Br. The molecule has 1 atom stereocenters. The van der Waals surface area contributed by atoms with Gasteiger partial charge in [-0.25, -0.2) is 0 Å². The molecule has 7 rings (SSSR count). The molecule has 0 aliphatic heterocycles. The second kappa shape index (κ2) is 13.8. The van der Waals surface area contributed by atoms with Crippen LogP contribution in [0.15, 0.2) is 102 Å². The van der Waals surface area contributed by atoms with Crippen molar-refractivity contribution in [3.63, 3.8) is 0 Å². The molecule has 0 saturated carbocycles. The van der Waals surface area contributed by atoms with Crippen molar-refractivity contribution in [3.8, 4) is 22.3 Å². The Morgan fingerprint density at radius 3 is 1.56 bits per heavy atom. The maximum absolute atomic E-state index is 3.94. The first-order valence-corrected chi connectivity index (χ1v) is 20.9. The lowest BCUT2D eigenvalue weighted by atomic mass is 9.66. The number of halogens is 1. The predicted octanol–water partition coefficient (Wildman–Crippen LogP) is 15.1. The van der Waals surface area contributed by atoms with E-state index in [1.54, 1.807) is 11.1 Å². The molecule has 0 heterocycles. The number of hydrogen-bond donors (Lipinski definition) is 0. The van der Waals surface area contributed by atoms with E-state index in [9.17, 15) is 0 Å². The van der Waals surface area contributed by atoms with Gasteiger partial charge in [-0.3, -0.25) is 0 Å². The minimum absolute atomic E-state index is 0.0277. The minimum atomic E-state index is -0.460. The smallest absolute Gasteiger partial charge is 0.0654 e. The molecule has 0 saturated heterocycles. The summed E-state index contributed by atoms with van der Waals surface area (Å²) < 4.78 is 1.13. The highest BCUT2D eigenvalue weighted by molar-refractivity contribution is 9.10. The summed E-state index contributed by atoms with van der Waals surface area (Å²) in [5.74, 6) is 0. The van der Waals surface area contributed by atoms with Crippen LogP contribution < -0.4 is 0 Å². The first-order chi connectivity index (χ1) is 24.8. The molecule has 0 fully saturated rings. The summed E-state index contributed by atoms with van der Waals surface area (Å²) in [5.41, 5.74) is 18.0. The number of fused-ring (bicyclic) bond motifs is 6. The summed E-state index contributed by atoms with van der Waals surface area (Å²) in [6.07, 6.45) is 10.3. The van der Waals surface area contributed by atoms with Crippen molar-refractivity contribution in [1.29, 1.82) is 0 Å². The molecule has 0 radical (unpaired) electrons. The highest BCUT2D eigenvalue weighted by Crippen LogP contribution is 2.62. The zero-order valence-corrected chi connectivity index (χ0v) is 34.9. The van der Waals surface area contributed by atoms with E-state index in [4.69, 9.17) is 0 Å². The average molecular weight is 752 g/mol. The van der Waals surface area contributed by atoms with Gasteiger partial charge in [-0.15, -0.1) is 0 Å². The largest absolute Gasteiger partial charge is 0.0714 e. The van der Waals surface area contributed by atoms with Crippen molar-refractivity contribution < 1.29 is 0 Å². The van der Waals surface area contributed by atoms with Crippen LogP contribution in [0.4, 0.5) is 0 Å². The number of hydrogen-bond acceptors (Lipinski definition) is 0. The van der Waals surface area contributed by atoms with Crippen molar-refractivity contribution >= 4 is 15.9 Å². The molecule has 1 heteroatoms. The summed E-state index contributed by atoms with van der Waals surface area (Å²) in [6, 6.07) is 38.9. The molecule has 52 heavy (non-hydrogen) atoms. The molecule has 0 nitrogen and oxygen atoms in total. The molecule has 1 unspecified atom stereocenters. The topological polar surface area (TPSA) is 0 Å². The summed E-state index contributed by atoms with van der Waals surface area (Å²) >= 11 is 3.94. The SMILES string of the molecule is CCCCCCCCC1(CC)c2cc(C)ccc2-c2cc3c(cc21)-c1ccc(Br)cc1C3(c1ccc(C(C)(C)C)cc1)c1ccc(C(C)(C)C)cc1. The highest BCUT2D eigenvalue weighted by Gasteiger charge is 2.50. The lowest BCUT2D eigenvalue weighted by Crippen LogP contribution is -2.29. The van der Waals surface area contributed by atoms with Gasteiger partial charge in [0.1, 0.15) is 0 Å². The second-order valence-electron chi connectivity index (χ2n) is 18.0. The van der Waals surface area contributed by atoms with Crippen molar-refractivity contribution in [1.82, 2.24) is 0 Å². The zero-order chi connectivity index (χ0) is 37.1. The van der Waals surface area contributed by atoms with Gasteiger partial charge in [0.05, 0.1) is 5.41 Å². The summed E-state index contributed by atoms with van der Waals surface area (Å²) in [6.45, 7) is 20.9. The van der Waals surface area contributed by atoms with E-state index < -0.39 is 5.41 Å². The van der Waals surface area contributed by atoms with Gasteiger partial charge in [0.25, 0.3) is 0 Å². The Balaban J connectivity index is 1.51. The third kappa shape index (κ3) is 6.04. The Morgan fingerprint density at radius 1 is 0.500 bits per heavy atom. The van der Waals surface area contributed by atoms with Crippen LogP contribution in [-0.4, -0.2) is 0 Å². The monoisotopic (exact) mass is 750 g/mol. The Bertz CT molecular complexity index is 2020. The average Bonchev–Trinajstić information content (AvgIpc) is 3.54. The molecule has 0 spiro atoms. The summed E-state index contributed by atoms with van der Waals surface area (Å²) in [4.78, 5) is 0. The van der Waals surface area contributed by atoms with Crippen molar-refractivity contribution in [3.05, 3.63) is 152 Å². The number of aryl methyl sites for hydroxylation is 1. The quantitative estimate of drug-likeness (QED) is 0.122. The highest BCUT2D eigenvalue weighted by atomic mass is 79.9. The third-order valence-corrected chi connectivity index (χ3v) is 13.2. The molecule has 270 valence electrons. The predicted molar refractivity (Wildman–Crippen MR) is 228 cm³/mol. The van der Waals surface area contributed by atoms with Gasteiger partial charge in [-0.2, -0.15) is 0 Å². The Labute approximate surface area is 323 Å². The van der Waals surface area contributed by atoms with E-state index >= 15 is 0 Å². The van der Waals surface area contributed by atoms with Gasteiger partial charge in [0.2, 0.25) is 0 Å². The van der Waals surface area contributed by atoms with Crippen LogP contribution in [0.1, 0.15) is 157 Å². The van der Waals surface area contributed by atoms with Gasteiger partial charge < -0.3 is 0 Å². The second-order valence-corrected chi connectivity index (χ2v) is 19.0. The Morgan fingerprint density at radius 2 is 0.981 bits per heavy atom. The molecule has 5 aromatic rings. The van der Waals surface area contributed by atoms with Crippen LogP contribution in [0.25, 0.3) is 22.3 Å². The van der Waals surface area contributed by atoms with Crippen LogP contribution in [0, 0.1) is 6.92 Å². The first kappa shape index (κ1) is 36.9. The molecule has 5 aromatic carbocycles. The fourth-order valence-electron chi connectivity index (χ4n) is 9.66. The number of rotatable bonds is 10. The zero-order valence-electron chi connectivity index (χ0n) is 33.3. The van der Waals surface area contributed by atoms with E-state index in [0.717, 1.165) is 10.9 Å². The number of benzene rings is 5. The lowest BCUT2D eigenvalue weighted by Gasteiger charge is -2.36. The third-order valence-electron chi connectivity index (χ3n) is 12.7. The van der Waals surface area contributed by atoms with E-state index in [0.29, 0.717) is 0 Å². The van der Waals surface area contributed by atoms with Crippen LogP contribution in [0.2, 0.25) is 0 Å². The minimum Gasteiger partial charge on any atom is -0.0654 e. The van der Waals surface area contributed by atoms with Gasteiger partial charge in [0.15, 0.2) is 0 Å². The van der Waals surface area contributed by atoms with Crippen LogP contribution >= 0.6 is 15.9 Å². The lowest BCUT2D eigenvalue weighted by molar-refractivity contribution is 0.434. The van der Waals surface area contributed by atoms with E-state index in [1.807, 2.05) is 0 Å². The first-order valence-electron chi connectivity index (χ1n) is 20.1. The summed E-state index contributed by atoms with van der Waals surface area (Å²) in [5, 5.41) is 0. The van der Waals surface area contributed by atoms with Crippen molar-refractivity contribution in [2.45, 2.75) is 135 Å². The van der Waals surface area contributed by atoms with Crippen LogP contribution in [0.3, 0.4) is 0 Å². The molecular weight excluding hydrogens is 692 g/mol. The molecule has 2 aliphatic rings. The Kier molecular flexibility index (Phi) is 9.78. The van der Waals surface area contributed by atoms with Gasteiger partial charge in [-0.05, 0) is 122 Å². The molecule has 0 amide bonds. The fourth-order valence-corrected chi connectivity index (χ4v) is 10.0. The maximum Gasteiger partial charge on any atom is 0.0714 e. The molecule has 0 bridgehead atoms. The van der Waals surface area contributed by atoms with Crippen molar-refractivity contribution in [2.24, 2.45) is 0 Å². The standard InChI is InChI=1S/C51H59Br/c1-10-12-13-14-15-16-29-50(11-2)44-30-34(3)17-27-40(44)42-33-47-43(32-45(42)50)41-28-26-39(52)31-46(41)51(47,37-22-18-35(19-23-37)48(4,5)6)38-24-20-36(21-25-38)49(7,8)9/h17-28,30-33H,10-16,29H2,1-9H3. The van der Waals surface area contributed by atoms with E-state index in [-0.39, 0.29) is 16.2 Å². The van der Waals surface area contributed by atoms with Gasteiger partial charge in [-0.1, -0.05) is 188 Å². The summed E-state index contributed by atoms with van der Waals surface area (Å²) in [7, 11) is 0.